The molecule has 5 fully saturated rings. The SMILES string of the molecule is CN(C)c1cccc2c(S(=O)(=O)NCCCO[C@H]3O[C@H](COS(=O)(=O)[O-])[C@@H](OS(=O)(=O)[O-])[C@H](OS(=O)(=O)[O-])[C@@H]3O[C@H]3O[C@H](COS(=O)(=O)[O-])[C@@H](OS(=O)(=O)[O-])[C@H](O[C@H]4O[C@H](COS(=O)(=O)[O-])[C@@H](OS(=O)(=O)[O-])[C@H](O[C@H]5O[C@H](COS(=O)(=O)[O-])[C@@H](OS(=O)(=O)[O-])[C@H](O[C@H]6O[C@H](COS(=O)(=O)[O-])[C@@H](OS(=O)(=O)[O-])[C@H](OS(=O)(=O)[O-])[C@@H]6OS(=O)(=O)[O-])[C@@H]5OS(=O)(=O)[O-])[C@@H]4OS(=O)(=O)[O-])[C@@H]3OS(=O)(=O)[O-])cccc12. The van der Waals surface area contributed by atoms with Gasteiger partial charge in [-0.1, -0.05) is 24.3 Å². The van der Waals surface area contributed by atoms with E-state index in [1.165, 1.54) is 49.3 Å². The Bertz CT molecular complexity index is 6840. The number of nitrogens with zero attached hydrogens (tertiary/aromatic N) is 1. The van der Waals surface area contributed by atoms with Gasteiger partial charge in [-0.3, -0.25) is 66.9 Å². The largest absolute Gasteiger partial charge is 0.726 e. The van der Waals surface area contributed by atoms with Crippen LogP contribution in [-0.4, -0.2) is 430 Å². The van der Waals surface area contributed by atoms with Crippen molar-refractivity contribution >= 4 is 193 Å². The van der Waals surface area contributed by atoms with Gasteiger partial charge in [-0.05, 0) is 18.6 Å². The molecule has 25 atom stereocenters. The second-order valence-corrected chi connectivity index (χ2v) is 45.0. The fraction of sp³-hybridized carbons (Fsp3) is 0.778. The van der Waals surface area contributed by atoms with Crippen LogP contribution in [0.1, 0.15) is 6.42 Å². The van der Waals surface area contributed by atoms with Gasteiger partial charge < -0.3 is 125 Å². The third kappa shape index (κ3) is 41.1. The van der Waals surface area contributed by atoms with Crippen molar-refractivity contribution in [2.75, 3.05) is 65.2 Å². The van der Waals surface area contributed by atoms with Crippen LogP contribution in [0.25, 0.3) is 10.8 Å². The molecule has 5 aliphatic rings. The summed E-state index contributed by atoms with van der Waals surface area (Å²) in [5, 5.41) is 0.265. The maximum Gasteiger partial charge on any atom is 0.241 e. The van der Waals surface area contributed by atoms with Crippen molar-refractivity contribution in [2.24, 2.45) is 0 Å². The van der Waals surface area contributed by atoms with Crippen molar-refractivity contribution < 1.29 is 330 Å². The lowest BCUT2D eigenvalue weighted by molar-refractivity contribution is -0.388. The van der Waals surface area contributed by atoms with Gasteiger partial charge in [0.15, 0.2) is 55.9 Å². The average molecular weight is 2380 g/mol. The summed E-state index contributed by atoms with van der Waals surface area (Å²) in [6.45, 7) is -15.4. The van der Waals surface area contributed by atoms with E-state index < -0.39 is 387 Å². The molecule has 0 aliphatic carbocycles. The Kier molecular flexibility index (Phi) is 40.5. The summed E-state index contributed by atoms with van der Waals surface area (Å²) in [5.41, 5.74) is 0.403. The highest BCUT2D eigenvalue weighted by molar-refractivity contribution is 7.90. The number of hydrogen-bond acceptors (Lipinski definition) is 77. The van der Waals surface area contributed by atoms with Crippen molar-refractivity contribution in [3.05, 3.63) is 36.4 Å². The van der Waals surface area contributed by atoms with E-state index in [1.807, 2.05) is 4.72 Å². The van der Waals surface area contributed by atoms with Gasteiger partial charge in [0.25, 0.3) is 0 Å². The van der Waals surface area contributed by atoms with Crippen molar-refractivity contribution in [2.45, 2.75) is 165 Å². The van der Waals surface area contributed by atoms with Gasteiger partial charge in [0, 0.05) is 37.1 Å². The van der Waals surface area contributed by atoms with Crippen molar-refractivity contribution in [3.8, 4) is 0 Å². The molecule has 5 aliphatic heterocycles. The van der Waals surface area contributed by atoms with Crippen molar-refractivity contribution in [1.82, 2.24) is 4.72 Å². The number of hydrogen-bond donors (Lipinski definition) is 1. The average Bonchev–Trinajstić information content (AvgIpc) is 0.742. The van der Waals surface area contributed by atoms with Crippen LogP contribution < -0.4 is 9.62 Å². The number of anilines is 1. The standard InChI is InChI=1S/C45H70N2O76S17/c1-47(2)19-8-3-7-18-17(19)6-4-9-25(18)124(48,49)46-10-5-11-98-41-36(34(118-135(80,81)82)29(116-133(74,75)76)23(104-41)15-102-128(59,60)61)112-44-39(122-139(92,93)94)33(28(115-132(71,72)73)22(107-44)14-101-127(56,57)58)110-42-37(120-137(86,87)88)31(26(113-130(65,66)67)20(105-42)12-99-125(50,51)52)109-43-38(121-138(89,90)91)32(27(114-131(68,69)70)21(106-43)13-100-126(53,54)55)111-45-40(123-140(95,96)97)35(119-136(83,84)85)30(117-134(77,78)79)24(108-45)16-103-129(62,63)64/h3-4,6-9,20-24,26-46H,5,10-16H2,1-2H3,(H,50,51,52)(H,53,54,55)(H,56,57,58)(H,59,60,61)(H,62,63,64)(H,65,66,67)(H,68,69,70)(H,71,72,73)(H,74,75,76)(H,77,78,79)(H,80,81,82)(H,83,84,85)(H,86,87,88)(H,89,90,91)(H,92,93,94)(H,95,96,97)/p-16/t20-,21-,22-,23-,24-,26-,27-,28-,29-,30-,31+,32+,33+,34+,35+,36+,37+,38+,39+,40+,41+,42-,43-,44-,45-/m1/s1. The highest BCUT2D eigenvalue weighted by atomic mass is 32.3. The molecule has 0 bridgehead atoms. The lowest BCUT2D eigenvalue weighted by Gasteiger charge is -2.52. The molecule has 95 heteroatoms. The fourth-order valence-corrected chi connectivity index (χ4v) is 21.0. The van der Waals surface area contributed by atoms with E-state index in [0.717, 1.165) is 6.07 Å². The van der Waals surface area contributed by atoms with Crippen LogP contribution >= 0.6 is 0 Å². The van der Waals surface area contributed by atoms with E-state index in [9.17, 15) is 216 Å². The zero-order valence-corrected chi connectivity index (χ0v) is 80.3. The number of nitrogens with one attached hydrogen (secondary N) is 1. The van der Waals surface area contributed by atoms with Gasteiger partial charge >= 0.3 is 0 Å². The van der Waals surface area contributed by atoms with E-state index >= 15 is 0 Å². The topological polar surface area (TPSA) is 1200 Å². The summed E-state index contributed by atoms with van der Waals surface area (Å²) >= 11 is 0. The predicted molar refractivity (Wildman–Crippen MR) is 385 cm³/mol. The minimum Gasteiger partial charge on any atom is -0.726 e. The van der Waals surface area contributed by atoms with Gasteiger partial charge in [0.1, 0.15) is 97.7 Å². The molecule has 2 aromatic rings. The molecule has 0 unspecified atom stereocenters. The van der Waals surface area contributed by atoms with E-state index in [0.29, 0.717) is 5.69 Å². The minimum absolute atomic E-state index is 0.00248. The van der Waals surface area contributed by atoms with Gasteiger partial charge in [-0.25, -0.2) is 148 Å². The highest BCUT2D eigenvalue weighted by Crippen LogP contribution is 2.44. The number of benzene rings is 2. The Morgan fingerprint density at radius 3 is 0.729 bits per heavy atom. The number of sulfonamides is 1. The van der Waals surface area contributed by atoms with Crippen LogP contribution in [0.3, 0.4) is 0 Å². The van der Waals surface area contributed by atoms with Crippen LogP contribution in [0.4, 0.5) is 5.69 Å². The van der Waals surface area contributed by atoms with Crippen molar-refractivity contribution in [3.63, 3.8) is 0 Å². The van der Waals surface area contributed by atoms with E-state index in [1.54, 1.807) is 0 Å². The smallest absolute Gasteiger partial charge is 0.241 e. The maximum absolute atomic E-state index is 14.0. The van der Waals surface area contributed by atoms with E-state index in [4.69, 9.17) is 47.4 Å². The molecule has 140 heavy (non-hydrogen) atoms. The second-order valence-electron chi connectivity index (χ2n) is 26.9. The molecule has 818 valence electrons. The first-order valence-corrected chi connectivity index (χ1v) is 57.4. The molecule has 0 spiro atoms. The lowest BCUT2D eigenvalue weighted by atomic mass is 9.95. The summed E-state index contributed by atoms with van der Waals surface area (Å²) < 4.78 is 752. The van der Waals surface area contributed by atoms with E-state index in [2.05, 4.69) is 66.9 Å². The van der Waals surface area contributed by atoms with Gasteiger partial charge in [0.05, 0.1) is 44.5 Å². The Hall–Kier alpha value is -4.07. The first-order chi connectivity index (χ1) is 62.9. The highest BCUT2D eigenvalue weighted by Gasteiger charge is 2.63. The molecule has 0 aromatic heterocycles. The van der Waals surface area contributed by atoms with E-state index in [-0.39, 0.29) is 10.8 Å². The zero-order chi connectivity index (χ0) is 107. The molecule has 0 radical (unpaired) electrons. The molecule has 0 amide bonds. The minimum atomic E-state index is -7.53. The monoisotopic (exact) mass is 2380 g/mol. The number of fused-ring (bicyclic) bond motifs is 1. The predicted octanol–water partition coefficient (Wildman–Crippen LogP) is -17.6. The summed E-state index contributed by atoms with van der Waals surface area (Å²) in [5.74, 6) is 0. The normalized spacial score (nSPS) is 30.4. The number of rotatable bonds is 53. The lowest BCUT2D eigenvalue weighted by Crippen LogP contribution is -2.70. The number of ether oxygens (including phenoxy) is 10. The van der Waals surface area contributed by atoms with Crippen LogP contribution in [0.5, 0.6) is 0 Å². The van der Waals surface area contributed by atoms with Crippen LogP contribution in [0, 0.1) is 0 Å². The first kappa shape index (κ1) is 123. The third-order valence-corrected chi connectivity index (χ3v) is 25.7. The van der Waals surface area contributed by atoms with Crippen LogP contribution in [0.2, 0.25) is 0 Å². The summed E-state index contributed by atoms with van der Waals surface area (Å²) in [6.07, 6.45) is -103. The molecule has 2 aromatic carbocycles. The second kappa shape index (κ2) is 46.2. The molecule has 7 rings (SSSR count). The summed E-state index contributed by atoms with van der Waals surface area (Å²) in [4.78, 5) is 1.02. The Morgan fingerprint density at radius 1 is 0.257 bits per heavy atom. The Labute approximate surface area is 788 Å². The fourth-order valence-electron chi connectivity index (χ4n) is 12.8. The molecular weight excluding hydrogens is 2330 g/mol. The van der Waals surface area contributed by atoms with Crippen LogP contribution in [0.15, 0.2) is 41.3 Å². The molecular formula is C45H54N2O76S17-16. The molecule has 5 saturated heterocycles. The van der Waals surface area contributed by atoms with Gasteiger partial charge in [0.2, 0.25) is 176 Å². The molecule has 5 heterocycles. The maximum atomic E-state index is 14.0. The molecule has 0 saturated carbocycles. The summed E-state index contributed by atoms with van der Waals surface area (Å²) in [6, 6.07) is 7.91. The Morgan fingerprint density at radius 2 is 0.471 bits per heavy atom. The third-order valence-electron chi connectivity index (χ3n) is 17.0. The zero-order valence-electron chi connectivity index (χ0n) is 66.5. The van der Waals surface area contributed by atoms with Crippen molar-refractivity contribution in [1.29, 1.82) is 0 Å². The quantitative estimate of drug-likeness (QED) is 0.0365. The van der Waals surface area contributed by atoms with Crippen LogP contribution in [-0.2, 0) is 291 Å². The molecule has 1 N–H and O–H groups in total. The van der Waals surface area contributed by atoms with Gasteiger partial charge in [-0.15, -0.1) is 0 Å². The first-order valence-electron chi connectivity index (χ1n) is 34.6. The molecule has 78 nitrogen and oxygen atoms in total. The van der Waals surface area contributed by atoms with Gasteiger partial charge in [-0.2, -0.15) is 0 Å². The summed E-state index contributed by atoms with van der Waals surface area (Å²) in [7, 11) is -114. The Balaban J connectivity index is 1.57.